The minimum absolute atomic E-state index is 0.0169. The van der Waals surface area contributed by atoms with Gasteiger partial charge in [-0.3, -0.25) is 0 Å². The predicted molar refractivity (Wildman–Crippen MR) is 116 cm³/mol. The average molecular weight is 437 g/mol. The van der Waals surface area contributed by atoms with E-state index in [9.17, 15) is 8.42 Å². The van der Waals surface area contributed by atoms with Crippen LogP contribution in [0.1, 0.15) is 19.8 Å². The van der Waals surface area contributed by atoms with Gasteiger partial charge in [0.25, 0.3) is 0 Å². The standard InChI is InChI=1S/C19H21ClN4O2S2/c1-2-28(25,26)23-15-7-9-24(10-8-15)18-17-16(11-27-19(17)22-12-21-18)13-3-5-14(20)6-4-13/h3-6,11-12,15,23H,2,7-10H2,1H3. The fraction of sp³-hybridized carbons (Fsp3) is 0.368. The lowest BCUT2D eigenvalue weighted by molar-refractivity contribution is 0.459. The van der Waals surface area contributed by atoms with Crippen LogP contribution < -0.4 is 9.62 Å². The lowest BCUT2D eigenvalue weighted by Gasteiger charge is -2.33. The lowest BCUT2D eigenvalue weighted by Crippen LogP contribution is -2.45. The van der Waals surface area contributed by atoms with E-state index in [2.05, 4.69) is 25.0 Å². The molecular formula is C19H21ClN4O2S2. The summed E-state index contributed by atoms with van der Waals surface area (Å²) in [5.74, 6) is 1.02. The van der Waals surface area contributed by atoms with Gasteiger partial charge in [0.2, 0.25) is 10.0 Å². The molecule has 1 saturated heterocycles. The summed E-state index contributed by atoms with van der Waals surface area (Å²) in [5.41, 5.74) is 2.18. The molecule has 1 aromatic carbocycles. The van der Waals surface area contributed by atoms with Crippen molar-refractivity contribution in [2.45, 2.75) is 25.8 Å². The van der Waals surface area contributed by atoms with E-state index in [0.29, 0.717) is 5.02 Å². The molecule has 0 radical (unpaired) electrons. The number of thiophene rings is 1. The molecule has 3 aromatic rings. The molecule has 4 rings (SSSR count). The van der Waals surface area contributed by atoms with Gasteiger partial charge in [-0.05, 0) is 37.5 Å². The minimum atomic E-state index is -3.18. The van der Waals surface area contributed by atoms with Crippen LogP contribution in [-0.4, -0.2) is 43.3 Å². The molecular weight excluding hydrogens is 416 g/mol. The molecule has 0 spiro atoms. The Hall–Kier alpha value is -1.74. The van der Waals surface area contributed by atoms with Gasteiger partial charge in [-0.15, -0.1) is 11.3 Å². The van der Waals surface area contributed by atoms with Gasteiger partial charge >= 0.3 is 0 Å². The van der Waals surface area contributed by atoms with Crippen LogP contribution >= 0.6 is 22.9 Å². The third kappa shape index (κ3) is 4.00. The van der Waals surface area contributed by atoms with Crippen molar-refractivity contribution >= 4 is 49.0 Å². The summed E-state index contributed by atoms with van der Waals surface area (Å²) in [4.78, 5) is 12.2. The summed E-state index contributed by atoms with van der Waals surface area (Å²) in [6, 6.07) is 7.76. The smallest absolute Gasteiger partial charge is 0.211 e. The van der Waals surface area contributed by atoms with Gasteiger partial charge in [0.05, 0.1) is 11.1 Å². The van der Waals surface area contributed by atoms with Crippen LogP contribution in [0.3, 0.4) is 0 Å². The summed E-state index contributed by atoms with van der Waals surface area (Å²) in [5, 5.41) is 3.85. The summed E-state index contributed by atoms with van der Waals surface area (Å²) in [7, 11) is -3.18. The van der Waals surface area contributed by atoms with Crippen LogP contribution in [0.15, 0.2) is 36.0 Å². The Balaban J connectivity index is 1.61. The van der Waals surface area contributed by atoms with Crippen molar-refractivity contribution in [3.63, 3.8) is 0 Å². The maximum atomic E-state index is 11.8. The van der Waals surface area contributed by atoms with E-state index in [-0.39, 0.29) is 11.8 Å². The third-order valence-electron chi connectivity index (χ3n) is 5.03. The quantitative estimate of drug-likeness (QED) is 0.656. The Bertz CT molecular complexity index is 1080. The molecule has 1 aliphatic heterocycles. The highest BCUT2D eigenvalue weighted by atomic mass is 35.5. The van der Waals surface area contributed by atoms with Crippen molar-refractivity contribution in [2.24, 2.45) is 0 Å². The SMILES string of the molecule is CCS(=O)(=O)NC1CCN(c2ncnc3scc(-c4ccc(Cl)cc4)c23)CC1. The van der Waals surface area contributed by atoms with Gasteiger partial charge in [0.1, 0.15) is 17.0 Å². The van der Waals surface area contributed by atoms with Crippen molar-refractivity contribution in [3.8, 4) is 11.1 Å². The van der Waals surface area contributed by atoms with Crippen LogP contribution in [-0.2, 0) is 10.0 Å². The number of hydrogen-bond donors (Lipinski definition) is 1. The van der Waals surface area contributed by atoms with Gasteiger partial charge in [-0.25, -0.2) is 23.1 Å². The maximum Gasteiger partial charge on any atom is 0.211 e. The Morgan fingerprint density at radius 2 is 1.93 bits per heavy atom. The molecule has 0 unspecified atom stereocenters. The van der Waals surface area contributed by atoms with E-state index in [4.69, 9.17) is 11.6 Å². The monoisotopic (exact) mass is 436 g/mol. The van der Waals surface area contributed by atoms with E-state index in [1.54, 1.807) is 24.6 Å². The normalized spacial score (nSPS) is 16.0. The summed E-state index contributed by atoms with van der Waals surface area (Å²) in [6.45, 7) is 3.15. The van der Waals surface area contributed by atoms with Crippen LogP contribution in [0.2, 0.25) is 5.02 Å². The van der Waals surface area contributed by atoms with E-state index in [1.807, 2.05) is 24.3 Å². The predicted octanol–water partition coefficient (Wildman–Crippen LogP) is 3.92. The van der Waals surface area contributed by atoms with Crippen molar-refractivity contribution in [1.29, 1.82) is 0 Å². The number of nitrogens with one attached hydrogen (secondary N) is 1. The topological polar surface area (TPSA) is 75.2 Å². The minimum Gasteiger partial charge on any atom is -0.356 e. The molecule has 3 heterocycles. The zero-order valence-electron chi connectivity index (χ0n) is 15.4. The van der Waals surface area contributed by atoms with Gasteiger partial charge in [-0.2, -0.15) is 0 Å². The zero-order valence-corrected chi connectivity index (χ0v) is 17.8. The number of halogens is 1. The molecule has 1 fully saturated rings. The Kier molecular flexibility index (Phi) is 5.55. The first-order chi connectivity index (χ1) is 13.5. The number of anilines is 1. The van der Waals surface area contributed by atoms with Crippen molar-refractivity contribution < 1.29 is 8.42 Å². The summed E-state index contributed by atoms with van der Waals surface area (Å²) in [6.07, 6.45) is 3.11. The van der Waals surface area contributed by atoms with Crippen molar-refractivity contribution in [2.75, 3.05) is 23.7 Å². The number of hydrogen-bond acceptors (Lipinski definition) is 6. The molecule has 148 valence electrons. The number of nitrogens with zero attached hydrogens (tertiary/aromatic N) is 3. The molecule has 0 saturated carbocycles. The first-order valence-electron chi connectivity index (χ1n) is 9.20. The van der Waals surface area contributed by atoms with Gasteiger partial charge in [-0.1, -0.05) is 23.7 Å². The van der Waals surface area contributed by atoms with Gasteiger partial charge in [0, 0.05) is 35.1 Å². The number of benzene rings is 1. The van der Waals surface area contributed by atoms with Gasteiger partial charge in [0.15, 0.2) is 0 Å². The molecule has 28 heavy (non-hydrogen) atoms. The van der Waals surface area contributed by atoms with Crippen LogP contribution in [0, 0.1) is 0 Å². The summed E-state index contributed by atoms with van der Waals surface area (Å²) >= 11 is 7.64. The third-order valence-corrected chi connectivity index (χ3v) is 7.62. The number of piperidine rings is 1. The first kappa shape index (κ1) is 19.6. The molecule has 1 N–H and O–H groups in total. The van der Waals surface area contributed by atoms with Gasteiger partial charge < -0.3 is 4.90 Å². The number of aromatic nitrogens is 2. The lowest BCUT2D eigenvalue weighted by atomic mass is 10.0. The number of sulfonamides is 1. The van der Waals surface area contributed by atoms with Crippen LogP contribution in [0.4, 0.5) is 5.82 Å². The molecule has 0 amide bonds. The zero-order chi connectivity index (χ0) is 19.7. The molecule has 0 atom stereocenters. The van der Waals surface area contributed by atoms with E-state index < -0.39 is 10.0 Å². The molecule has 9 heteroatoms. The largest absolute Gasteiger partial charge is 0.356 e. The average Bonchev–Trinajstić information content (AvgIpc) is 3.13. The van der Waals surface area contributed by atoms with Crippen molar-refractivity contribution in [3.05, 3.63) is 41.0 Å². The number of rotatable bonds is 5. The molecule has 0 bridgehead atoms. The molecule has 1 aliphatic rings. The summed E-state index contributed by atoms with van der Waals surface area (Å²) < 4.78 is 26.5. The highest BCUT2D eigenvalue weighted by molar-refractivity contribution is 7.89. The second-order valence-electron chi connectivity index (χ2n) is 6.82. The molecule has 6 nitrogen and oxygen atoms in total. The fourth-order valence-electron chi connectivity index (χ4n) is 3.49. The van der Waals surface area contributed by atoms with E-state index >= 15 is 0 Å². The second-order valence-corrected chi connectivity index (χ2v) is 10.2. The first-order valence-corrected chi connectivity index (χ1v) is 12.1. The Morgan fingerprint density at radius 3 is 2.61 bits per heavy atom. The highest BCUT2D eigenvalue weighted by Crippen LogP contribution is 2.38. The van der Waals surface area contributed by atoms with E-state index in [1.165, 1.54) is 0 Å². The van der Waals surface area contributed by atoms with E-state index in [0.717, 1.165) is 53.1 Å². The second kappa shape index (κ2) is 7.94. The number of fused-ring (bicyclic) bond motifs is 1. The molecule has 0 aliphatic carbocycles. The molecule has 2 aromatic heterocycles. The highest BCUT2D eigenvalue weighted by Gasteiger charge is 2.25. The fourth-order valence-corrected chi connectivity index (χ4v) is 5.43. The maximum absolute atomic E-state index is 11.8. The Labute approximate surface area is 173 Å². The Morgan fingerprint density at radius 1 is 1.21 bits per heavy atom. The van der Waals surface area contributed by atoms with Crippen LogP contribution in [0.25, 0.3) is 21.3 Å². The van der Waals surface area contributed by atoms with Crippen molar-refractivity contribution in [1.82, 2.24) is 14.7 Å². The van der Waals surface area contributed by atoms with Crippen LogP contribution in [0.5, 0.6) is 0 Å².